The molecule has 1 aromatic heterocycles. The van der Waals surface area contributed by atoms with Gasteiger partial charge in [-0.3, -0.25) is 19.2 Å². The lowest BCUT2D eigenvalue weighted by Crippen LogP contribution is -2.55. The zero-order chi connectivity index (χ0) is 28.6. The summed E-state index contributed by atoms with van der Waals surface area (Å²) in [5, 5.41) is 16.2. The molecule has 3 aromatic carbocycles. The maximum Gasteiger partial charge on any atom is 0.305 e. The van der Waals surface area contributed by atoms with E-state index in [0.717, 1.165) is 10.8 Å². The lowest BCUT2D eigenvalue weighted by atomic mass is 10.0. The van der Waals surface area contributed by atoms with Crippen LogP contribution < -0.4 is 20.1 Å². The summed E-state index contributed by atoms with van der Waals surface area (Å²) in [5.41, 5.74) is 1.35. The Bertz CT molecular complexity index is 1490. The van der Waals surface area contributed by atoms with Crippen molar-refractivity contribution in [2.45, 2.75) is 32.4 Å². The molecular formula is C29H30N4O7. The van der Waals surface area contributed by atoms with Crippen molar-refractivity contribution in [1.82, 2.24) is 20.6 Å². The Balaban J connectivity index is 1.36. The van der Waals surface area contributed by atoms with E-state index in [9.17, 15) is 24.3 Å². The van der Waals surface area contributed by atoms with Gasteiger partial charge in [-0.1, -0.05) is 62.4 Å². The number of hydrogen-bond donors (Lipinski definition) is 4. The highest BCUT2D eigenvalue weighted by molar-refractivity contribution is 5.95. The summed E-state index contributed by atoms with van der Waals surface area (Å²) in [6.07, 6.45) is -0.656. The molecule has 0 aliphatic rings. The summed E-state index contributed by atoms with van der Waals surface area (Å²) >= 11 is 0. The molecule has 1 heterocycles. The predicted octanol–water partition coefficient (Wildman–Crippen LogP) is 2.84. The van der Waals surface area contributed by atoms with Crippen LogP contribution in [0.25, 0.3) is 21.8 Å². The second-order valence-electron chi connectivity index (χ2n) is 9.53. The van der Waals surface area contributed by atoms with Gasteiger partial charge in [0, 0.05) is 5.39 Å². The lowest BCUT2D eigenvalue weighted by Gasteiger charge is -2.24. The molecule has 0 aliphatic carbocycles. The zero-order valence-corrected chi connectivity index (χ0v) is 22.0. The first kappa shape index (κ1) is 28.1. The number of nitrogens with one attached hydrogen (secondary N) is 3. The number of carboxylic acid groups (broad SMARTS) is 1. The first-order valence-corrected chi connectivity index (χ1v) is 12.7. The third kappa shape index (κ3) is 7.13. The quantitative estimate of drug-likeness (QED) is 0.199. The number of aliphatic carboxylic acids is 1. The largest absolute Gasteiger partial charge is 0.483 e. The van der Waals surface area contributed by atoms with Gasteiger partial charge >= 0.3 is 5.97 Å². The van der Waals surface area contributed by atoms with Crippen LogP contribution >= 0.6 is 0 Å². The molecule has 0 radical (unpaired) electrons. The highest BCUT2D eigenvalue weighted by atomic mass is 16.5. The maximum atomic E-state index is 13.1. The van der Waals surface area contributed by atoms with Crippen molar-refractivity contribution >= 4 is 45.4 Å². The van der Waals surface area contributed by atoms with Crippen LogP contribution in [0.3, 0.4) is 0 Å². The van der Waals surface area contributed by atoms with E-state index in [0.29, 0.717) is 16.8 Å². The second kappa shape index (κ2) is 12.7. The number of aromatic amines is 1. The van der Waals surface area contributed by atoms with Crippen molar-refractivity contribution in [3.05, 3.63) is 66.7 Å². The monoisotopic (exact) mass is 546 g/mol. The van der Waals surface area contributed by atoms with Crippen LogP contribution in [0.5, 0.6) is 11.8 Å². The van der Waals surface area contributed by atoms with Crippen molar-refractivity contribution in [2.75, 3.05) is 13.2 Å². The Morgan fingerprint density at radius 1 is 0.900 bits per heavy atom. The molecule has 0 saturated heterocycles. The van der Waals surface area contributed by atoms with Crippen molar-refractivity contribution in [3.8, 4) is 11.8 Å². The number of H-pyrrole nitrogens is 1. The molecule has 0 fully saturated rings. The predicted molar refractivity (Wildman–Crippen MR) is 147 cm³/mol. The summed E-state index contributed by atoms with van der Waals surface area (Å²) in [7, 11) is 0. The number of aromatic nitrogens is 2. The van der Waals surface area contributed by atoms with Gasteiger partial charge in [-0.05, 0) is 29.5 Å². The number of hydrogen-bond acceptors (Lipinski definition) is 7. The molecule has 40 heavy (non-hydrogen) atoms. The number of Topliss-reactive ketones (excluding diaryl/α,β-unsaturated/α-hetero) is 1. The minimum Gasteiger partial charge on any atom is -0.483 e. The molecule has 208 valence electrons. The molecular weight excluding hydrogens is 516 g/mol. The first-order chi connectivity index (χ1) is 19.2. The molecule has 0 unspecified atom stereocenters. The molecule has 0 saturated carbocycles. The molecule has 11 heteroatoms. The Morgan fingerprint density at radius 3 is 2.38 bits per heavy atom. The van der Waals surface area contributed by atoms with E-state index in [1.807, 2.05) is 42.5 Å². The van der Waals surface area contributed by atoms with Crippen LogP contribution in [0.2, 0.25) is 0 Å². The van der Waals surface area contributed by atoms with Gasteiger partial charge < -0.3 is 30.2 Å². The van der Waals surface area contributed by atoms with Crippen molar-refractivity contribution in [1.29, 1.82) is 0 Å². The molecule has 0 bridgehead atoms. The number of imidazole rings is 1. The minimum atomic E-state index is -1.38. The SMILES string of the molecule is CC(C)[C@H](NC(=O)COc1cccc2ccccc12)C(=O)N[C@@H](CC(=O)O)C(=O)COc1nc2ccccc2[nH]1. The molecule has 2 atom stereocenters. The number of carboxylic acids is 1. The molecule has 0 aliphatic heterocycles. The van der Waals surface area contributed by atoms with E-state index < -0.39 is 48.7 Å². The second-order valence-corrected chi connectivity index (χ2v) is 9.53. The number of amides is 2. The van der Waals surface area contributed by atoms with Gasteiger partial charge in [0.15, 0.2) is 19.0 Å². The molecule has 0 spiro atoms. The average molecular weight is 547 g/mol. The smallest absolute Gasteiger partial charge is 0.305 e. The van der Waals surface area contributed by atoms with Crippen LogP contribution in [0, 0.1) is 5.92 Å². The third-order valence-electron chi connectivity index (χ3n) is 6.18. The van der Waals surface area contributed by atoms with E-state index in [2.05, 4.69) is 20.6 Å². The lowest BCUT2D eigenvalue weighted by molar-refractivity contribution is -0.141. The Kier molecular flexibility index (Phi) is 8.95. The number of ether oxygens (including phenoxy) is 2. The number of benzene rings is 3. The molecule has 11 nitrogen and oxygen atoms in total. The Morgan fingerprint density at radius 2 is 1.62 bits per heavy atom. The van der Waals surface area contributed by atoms with Crippen LogP contribution in [-0.2, 0) is 19.2 Å². The fraction of sp³-hybridized carbons (Fsp3) is 0.276. The minimum absolute atomic E-state index is 0.0912. The summed E-state index contributed by atoms with van der Waals surface area (Å²) in [4.78, 5) is 57.2. The van der Waals surface area contributed by atoms with Crippen LogP contribution in [0.15, 0.2) is 66.7 Å². The van der Waals surface area contributed by atoms with E-state index in [-0.39, 0.29) is 18.5 Å². The van der Waals surface area contributed by atoms with Crippen molar-refractivity contribution in [3.63, 3.8) is 0 Å². The number of carbonyl (C=O) groups is 4. The first-order valence-electron chi connectivity index (χ1n) is 12.7. The van der Waals surface area contributed by atoms with Gasteiger partial charge in [0.2, 0.25) is 5.91 Å². The number of carbonyl (C=O) groups excluding carboxylic acids is 3. The Labute approximate surface area is 229 Å². The summed E-state index contributed by atoms with van der Waals surface area (Å²) in [6.45, 7) is 2.58. The zero-order valence-electron chi connectivity index (χ0n) is 22.0. The average Bonchev–Trinajstić information content (AvgIpc) is 3.35. The van der Waals surface area contributed by atoms with Crippen molar-refractivity contribution in [2.24, 2.45) is 5.92 Å². The Hall–Kier alpha value is -4.93. The number of para-hydroxylation sites is 2. The molecule has 4 aromatic rings. The topological polar surface area (TPSA) is 160 Å². The number of fused-ring (bicyclic) bond motifs is 2. The van der Waals surface area contributed by atoms with Gasteiger partial charge in [0.25, 0.3) is 11.9 Å². The van der Waals surface area contributed by atoms with Gasteiger partial charge in [-0.25, -0.2) is 0 Å². The van der Waals surface area contributed by atoms with Gasteiger partial charge in [-0.2, -0.15) is 4.98 Å². The van der Waals surface area contributed by atoms with Gasteiger partial charge in [-0.15, -0.1) is 0 Å². The molecule has 4 rings (SSSR count). The number of nitrogens with zero attached hydrogens (tertiary/aromatic N) is 1. The standard InChI is InChI=1S/C29H30N4O7/c1-17(2)27(33-25(35)16-39-24-13-7-9-18-8-3-4-10-19(18)24)28(38)30-22(14-26(36)37)23(34)15-40-29-31-20-11-5-6-12-21(20)32-29/h3-13,17,22,27H,14-16H2,1-2H3,(H,30,38)(H,31,32)(H,33,35)(H,36,37)/t22-,27-/m0/s1. The van der Waals surface area contributed by atoms with Gasteiger partial charge in [0.1, 0.15) is 17.8 Å². The van der Waals surface area contributed by atoms with E-state index in [4.69, 9.17) is 9.47 Å². The third-order valence-corrected chi connectivity index (χ3v) is 6.18. The van der Waals surface area contributed by atoms with Gasteiger partial charge in [0.05, 0.1) is 17.5 Å². The van der Waals surface area contributed by atoms with E-state index in [1.54, 1.807) is 38.1 Å². The van der Waals surface area contributed by atoms with Crippen LogP contribution in [-0.4, -0.2) is 63.9 Å². The van der Waals surface area contributed by atoms with Crippen molar-refractivity contribution < 1.29 is 33.8 Å². The van der Waals surface area contributed by atoms with E-state index in [1.165, 1.54) is 0 Å². The van der Waals surface area contributed by atoms with Crippen LogP contribution in [0.4, 0.5) is 0 Å². The maximum absolute atomic E-state index is 13.1. The van der Waals surface area contributed by atoms with E-state index >= 15 is 0 Å². The normalized spacial score (nSPS) is 12.6. The fourth-order valence-electron chi connectivity index (χ4n) is 4.13. The number of rotatable bonds is 13. The molecule has 4 N–H and O–H groups in total. The summed E-state index contributed by atoms with van der Waals surface area (Å²) in [5.74, 6) is -3.03. The summed E-state index contributed by atoms with van der Waals surface area (Å²) < 4.78 is 11.1. The highest BCUT2D eigenvalue weighted by Gasteiger charge is 2.30. The number of ketones is 1. The molecule has 2 amide bonds. The highest BCUT2D eigenvalue weighted by Crippen LogP contribution is 2.25. The van der Waals surface area contributed by atoms with Crippen LogP contribution in [0.1, 0.15) is 20.3 Å². The summed E-state index contributed by atoms with van der Waals surface area (Å²) in [6, 6.07) is 17.9. The fourth-order valence-corrected chi connectivity index (χ4v) is 4.13.